The molecule has 0 aromatic heterocycles. The Labute approximate surface area is 91.4 Å². The van der Waals surface area contributed by atoms with Crippen LogP contribution in [-0.2, 0) is 4.74 Å². The molecule has 5 heteroatoms. The Morgan fingerprint density at radius 1 is 1.60 bits per heavy atom. The van der Waals surface area contributed by atoms with E-state index in [1.165, 1.54) is 0 Å². The number of hydrazine groups is 1. The van der Waals surface area contributed by atoms with Crippen LogP contribution in [0.1, 0.15) is 27.2 Å². The molecule has 0 aromatic carbocycles. The fraction of sp³-hybridized carbons (Fsp3) is 0.900. The molecule has 0 amide bonds. The molecule has 1 fully saturated rings. The lowest BCUT2D eigenvalue weighted by molar-refractivity contribution is -0.109. The first-order chi connectivity index (χ1) is 7.06. The van der Waals surface area contributed by atoms with E-state index in [0.29, 0.717) is 18.1 Å². The second kappa shape index (κ2) is 4.81. The summed E-state index contributed by atoms with van der Waals surface area (Å²) in [6.07, 6.45) is 1.33. The van der Waals surface area contributed by atoms with Crippen LogP contribution in [0.3, 0.4) is 0 Å². The van der Waals surface area contributed by atoms with Gasteiger partial charge in [0, 0.05) is 25.1 Å². The topological polar surface area (TPSA) is 71.7 Å². The Balaban J connectivity index is 2.48. The molecule has 4 N–H and O–H groups in total. The third kappa shape index (κ3) is 2.41. The fourth-order valence-corrected chi connectivity index (χ4v) is 1.95. The maximum Gasteiger partial charge on any atom is 0.205 e. The molecule has 2 unspecified atom stereocenters. The molecular weight excluding hydrogens is 192 g/mol. The molecule has 2 atom stereocenters. The van der Waals surface area contributed by atoms with E-state index in [9.17, 15) is 0 Å². The summed E-state index contributed by atoms with van der Waals surface area (Å²) < 4.78 is 5.64. The van der Waals surface area contributed by atoms with Crippen LogP contribution in [-0.4, -0.2) is 31.8 Å². The molecule has 1 aliphatic rings. The van der Waals surface area contributed by atoms with Crippen molar-refractivity contribution in [3.05, 3.63) is 0 Å². The number of rotatable bonds is 3. The third-order valence-corrected chi connectivity index (χ3v) is 3.22. The summed E-state index contributed by atoms with van der Waals surface area (Å²) in [6.45, 7) is 7.18. The zero-order chi connectivity index (χ0) is 11.5. The zero-order valence-electron chi connectivity index (χ0n) is 10.0. The molecule has 1 aliphatic carbocycles. The van der Waals surface area contributed by atoms with Gasteiger partial charge in [-0.15, -0.1) is 0 Å². The lowest BCUT2D eigenvalue weighted by Crippen LogP contribution is -2.64. The monoisotopic (exact) mass is 214 g/mol. The highest BCUT2D eigenvalue weighted by Gasteiger charge is 2.49. The number of nitrogens with two attached hydrogens (primary N) is 1. The predicted molar refractivity (Wildman–Crippen MR) is 61.4 cm³/mol. The van der Waals surface area contributed by atoms with Crippen molar-refractivity contribution in [1.82, 2.24) is 10.7 Å². The minimum atomic E-state index is 0.128. The van der Waals surface area contributed by atoms with Crippen LogP contribution in [0.15, 0.2) is 4.99 Å². The van der Waals surface area contributed by atoms with Crippen molar-refractivity contribution < 1.29 is 4.74 Å². The summed E-state index contributed by atoms with van der Waals surface area (Å²) >= 11 is 0. The van der Waals surface area contributed by atoms with E-state index in [1.807, 2.05) is 6.92 Å². The van der Waals surface area contributed by atoms with Gasteiger partial charge in [-0.05, 0) is 13.3 Å². The fourth-order valence-electron chi connectivity index (χ4n) is 1.95. The zero-order valence-corrected chi connectivity index (χ0v) is 10.0. The minimum absolute atomic E-state index is 0.128. The quantitative estimate of drug-likeness (QED) is 0.272. The van der Waals surface area contributed by atoms with E-state index in [-0.39, 0.29) is 5.41 Å². The van der Waals surface area contributed by atoms with E-state index in [4.69, 9.17) is 10.6 Å². The average molecular weight is 214 g/mol. The van der Waals surface area contributed by atoms with Gasteiger partial charge in [0.05, 0.1) is 6.10 Å². The highest BCUT2D eigenvalue weighted by atomic mass is 16.5. The Hall–Kier alpha value is -0.810. The molecular formula is C10H22N4O. The van der Waals surface area contributed by atoms with E-state index in [0.717, 1.165) is 13.0 Å². The lowest BCUT2D eigenvalue weighted by Gasteiger charge is -2.51. The van der Waals surface area contributed by atoms with Crippen molar-refractivity contribution in [2.75, 3.05) is 13.7 Å². The Kier molecular flexibility index (Phi) is 3.93. The molecule has 88 valence electrons. The van der Waals surface area contributed by atoms with E-state index in [2.05, 4.69) is 29.6 Å². The van der Waals surface area contributed by atoms with Crippen molar-refractivity contribution >= 4 is 5.96 Å². The lowest BCUT2D eigenvalue weighted by atomic mass is 9.64. The summed E-state index contributed by atoms with van der Waals surface area (Å²) in [5.41, 5.74) is 2.66. The molecule has 1 rings (SSSR count). The standard InChI is InChI=1S/C10H22N4O/c1-5-15-8-6-7(10(8,2)3)13-9(12-4)14-11/h7-8H,5-6,11H2,1-4H3,(H2,12,13,14). The number of hydrogen-bond acceptors (Lipinski definition) is 3. The van der Waals surface area contributed by atoms with Gasteiger partial charge in [0.2, 0.25) is 5.96 Å². The SMILES string of the molecule is CCOC1CC(NC(=NC)NN)C1(C)C. The highest BCUT2D eigenvalue weighted by Crippen LogP contribution is 2.42. The summed E-state index contributed by atoms with van der Waals surface area (Å²) in [4.78, 5) is 3.99. The van der Waals surface area contributed by atoms with Crippen molar-refractivity contribution in [1.29, 1.82) is 0 Å². The van der Waals surface area contributed by atoms with Crippen LogP contribution in [0, 0.1) is 5.41 Å². The summed E-state index contributed by atoms with van der Waals surface area (Å²) in [6, 6.07) is 0.365. The van der Waals surface area contributed by atoms with Crippen LogP contribution in [0.5, 0.6) is 0 Å². The summed E-state index contributed by atoms with van der Waals surface area (Å²) in [5, 5.41) is 3.27. The molecule has 0 bridgehead atoms. The van der Waals surface area contributed by atoms with Crippen molar-refractivity contribution in [3.8, 4) is 0 Å². The van der Waals surface area contributed by atoms with E-state index < -0.39 is 0 Å². The van der Waals surface area contributed by atoms with Crippen LogP contribution < -0.4 is 16.6 Å². The van der Waals surface area contributed by atoms with E-state index in [1.54, 1.807) is 7.05 Å². The average Bonchev–Trinajstić information content (AvgIpc) is 2.22. The largest absolute Gasteiger partial charge is 0.378 e. The maximum absolute atomic E-state index is 5.64. The van der Waals surface area contributed by atoms with Gasteiger partial charge in [-0.25, -0.2) is 5.84 Å². The second-order valence-electron chi connectivity index (χ2n) is 4.41. The third-order valence-electron chi connectivity index (χ3n) is 3.22. The molecule has 0 aliphatic heterocycles. The number of guanidine groups is 1. The minimum Gasteiger partial charge on any atom is -0.378 e. The first kappa shape index (κ1) is 12.3. The summed E-state index contributed by atoms with van der Waals surface area (Å²) in [7, 11) is 1.70. The van der Waals surface area contributed by atoms with Crippen molar-refractivity contribution in [2.45, 2.75) is 39.3 Å². The predicted octanol–water partition coefficient (Wildman–Crippen LogP) is 0.229. The number of nitrogens with one attached hydrogen (secondary N) is 2. The molecule has 0 radical (unpaired) electrons. The smallest absolute Gasteiger partial charge is 0.205 e. The van der Waals surface area contributed by atoms with Gasteiger partial charge in [0.25, 0.3) is 0 Å². The van der Waals surface area contributed by atoms with Crippen molar-refractivity contribution in [2.24, 2.45) is 16.3 Å². The highest BCUT2D eigenvalue weighted by molar-refractivity contribution is 5.79. The maximum atomic E-state index is 5.64. The first-order valence-corrected chi connectivity index (χ1v) is 5.37. The van der Waals surface area contributed by atoms with Crippen molar-refractivity contribution in [3.63, 3.8) is 0 Å². The van der Waals surface area contributed by atoms with Gasteiger partial charge in [-0.3, -0.25) is 10.4 Å². The van der Waals surface area contributed by atoms with Gasteiger partial charge in [0.1, 0.15) is 0 Å². The molecule has 0 heterocycles. The second-order valence-corrected chi connectivity index (χ2v) is 4.41. The molecule has 0 saturated heterocycles. The first-order valence-electron chi connectivity index (χ1n) is 5.37. The van der Waals surface area contributed by atoms with Crippen LogP contribution >= 0.6 is 0 Å². The van der Waals surface area contributed by atoms with Gasteiger partial charge in [0.15, 0.2) is 0 Å². The number of nitrogens with zero attached hydrogens (tertiary/aromatic N) is 1. The number of ether oxygens (including phenoxy) is 1. The van der Waals surface area contributed by atoms with Gasteiger partial charge in [-0.1, -0.05) is 13.8 Å². The van der Waals surface area contributed by atoms with Crippen LogP contribution in [0.2, 0.25) is 0 Å². The molecule has 15 heavy (non-hydrogen) atoms. The summed E-state index contributed by atoms with van der Waals surface area (Å²) in [5.74, 6) is 5.95. The molecule has 1 saturated carbocycles. The molecule has 5 nitrogen and oxygen atoms in total. The number of aliphatic imine (C=N–C) groups is 1. The molecule has 0 aromatic rings. The van der Waals surface area contributed by atoms with Gasteiger partial charge in [-0.2, -0.15) is 0 Å². The van der Waals surface area contributed by atoms with Gasteiger partial charge >= 0.3 is 0 Å². The normalized spacial score (nSPS) is 29.5. The van der Waals surface area contributed by atoms with E-state index >= 15 is 0 Å². The Morgan fingerprint density at radius 3 is 2.67 bits per heavy atom. The van der Waals surface area contributed by atoms with Gasteiger partial charge < -0.3 is 10.1 Å². The Bertz CT molecular complexity index is 240. The van der Waals surface area contributed by atoms with Crippen LogP contribution in [0.4, 0.5) is 0 Å². The molecule has 0 spiro atoms. The Morgan fingerprint density at radius 2 is 2.27 bits per heavy atom. The van der Waals surface area contributed by atoms with Crippen LogP contribution in [0.25, 0.3) is 0 Å². The number of hydrogen-bond donors (Lipinski definition) is 3.